The fourth-order valence-corrected chi connectivity index (χ4v) is 5.32. The average molecular weight is 571 g/mol. The van der Waals surface area contributed by atoms with Crippen LogP contribution in [0.2, 0.25) is 0 Å². The summed E-state index contributed by atoms with van der Waals surface area (Å²) in [4.78, 5) is 12.9. The van der Waals surface area contributed by atoms with E-state index in [4.69, 9.17) is 4.42 Å². The van der Waals surface area contributed by atoms with E-state index in [1.165, 1.54) is 37.4 Å². The maximum Gasteiger partial charge on any atom is 0.488 e. The molecule has 1 unspecified atom stereocenters. The topological polar surface area (TPSA) is 126 Å². The molecular weight excluding hydrogens is 548 g/mol. The summed E-state index contributed by atoms with van der Waals surface area (Å²) in [6, 6.07) is 12.0. The minimum Gasteiger partial charge on any atom is -0.755 e. The Balaban J connectivity index is 1.63. The number of nitrogens with zero attached hydrogens (tertiary/aromatic N) is 1. The Morgan fingerprint density at radius 2 is 1.88 bits per heavy atom. The number of carbonyl (C=O) groups excluding carboxylic acids is 1. The van der Waals surface area contributed by atoms with Crippen molar-refractivity contribution in [2.24, 2.45) is 0 Å². The maximum absolute atomic E-state index is 13.6. The van der Waals surface area contributed by atoms with E-state index in [1.54, 1.807) is 12.1 Å². The quantitative estimate of drug-likeness (QED) is 0.207. The highest BCUT2D eigenvalue weighted by atomic mass is 32.2. The van der Waals surface area contributed by atoms with E-state index in [0.29, 0.717) is 22.1 Å². The van der Waals surface area contributed by atoms with Gasteiger partial charge in [0.25, 0.3) is 12.3 Å². The lowest BCUT2D eigenvalue weighted by Crippen LogP contribution is -2.34. The molecule has 4 aromatic rings. The van der Waals surface area contributed by atoms with Crippen LogP contribution < -0.4 is 15.1 Å². The SMILES string of the molecule is CNC(=O)c1c(-c2ccc(F)cc2)oc2cc(CN(c3ccc(B(O)O)c(C(F)F)c3)S(=O)[O-])c(C3CC3)cc12. The van der Waals surface area contributed by atoms with Gasteiger partial charge in [0.15, 0.2) is 0 Å². The fraction of sp³-hybridized carbons (Fsp3) is 0.222. The van der Waals surface area contributed by atoms with Gasteiger partial charge in [-0.2, -0.15) is 0 Å². The van der Waals surface area contributed by atoms with Crippen molar-refractivity contribution in [2.45, 2.75) is 31.7 Å². The van der Waals surface area contributed by atoms with Crippen molar-refractivity contribution in [1.82, 2.24) is 5.32 Å². The van der Waals surface area contributed by atoms with E-state index in [9.17, 15) is 36.8 Å². The molecule has 1 atom stereocenters. The van der Waals surface area contributed by atoms with Crippen LogP contribution in [0.25, 0.3) is 22.3 Å². The molecule has 3 N–H and O–H groups in total. The van der Waals surface area contributed by atoms with Crippen molar-refractivity contribution in [3.63, 3.8) is 0 Å². The summed E-state index contributed by atoms with van der Waals surface area (Å²) >= 11 is -2.89. The fourth-order valence-electron chi connectivity index (χ4n) is 4.79. The number of benzene rings is 3. The van der Waals surface area contributed by atoms with Crippen LogP contribution in [0.4, 0.5) is 18.9 Å². The van der Waals surface area contributed by atoms with Gasteiger partial charge in [-0.1, -0.05) is 6.07 Å². The molecule has 8 nitrogen and oxygen atoms in total. The lowest BCUT2D eigenvalue weighted by atomic mass is 9.77. The number of nitrogens with one attached hydrogen (secondary N) is 1. The molecule has 0 bridgehead atoms. The predicted molar refractivity (Wildman–Crippen MR) is 143 cm³/mol. The first-order valence-corrected chi connectivity index (χ1v) is 13.3. The molecule has 1 fully saturated rings. The van der Waals surface area contributed by atoms with Crippen molar-refractivity contribution in [3.8, 4) is 11.3 Å². The summed E-state index contributed by atoms with van der Waals surface area (Å²) in [5.41, 5.74) is 1.13. The monoisotopic (exact) mass is 571 g/mol. The summed E-state index contributed by atoms with van der Waals surface area (Å²) in [7, 11) is -0.682. The van der Waals surface area contributed by atoms with Gasteiger partial charge in [0.1, 0.15) is 17.2 Å². The van der Waals surface area contributed by atoms with E-state index in [-0.39, 0.29) is 29.5 Å². The molecule has 1 aromatic heterocycles. The number of hydrogen-bond acceptors (Lipinski definition) is 6. The number of halogens is 3. The van der Waals surface area contributed by atoms with Crippen molar-refractivity contribution in [1.29, 1.82) is 0 Å². The molecule has 0 aliphatic heterocycles. The van der Waals surface area contributed by atoms with Crippen LogP contribution >= 0.6 is 0 Å². The lowest BCUT2D eigenvalue weighted by molar-refractivity contribution is 0.0964. The number of anilines is 1. The van der Waals surface area contributed by atoms with Gasteiger partial charge in [-0.25, -0.2) is 13.2 Å². The molecule has 1 aliphatic carbocycles. The van der Waals surface area contributed by atoms with E-state index < -0.39 is 47.6 Å². The van der Waals surface area contributed by atoms with Gasteiger partial charge in [-0.3, -0.25) is 13.3 Å². The highest BCUT2D eigenvalue weighted by Gasteiger charge is 2.31. The molecule has 0 spiro atoms. The molecule has 5 rings (SSSR count). The largest absolute Gasteiger partial charge is 0.755 e. The minimum absolute atomic E-state index is 0.0904. The van der Waals surface area contributed by atoms with Gasteiger partial charge in [0, 0.05) is 40.5 Å². The molecule has 1 aliphatic rings. The summed E-state index contributed by atoms with van der Waals surface area (Å²) in [5, 5.41) is 22.0. The van der Waals surface area contributed by atoms with Crippen LogP contribution in [-0.2, 0) is 17.8 Å². The number of alkyl halides is 2. The second-order valence-corrected chi connectivity index (χ2v) is 10.3. The summed E-state index contributed by atoms with van der Waals surface area (Å²) in [6.07, 6.45) is -1.39. The van der Waals surface area contributed by atoms with Crippen molar-refractivity contribution >= 4 is 46.4 Å². The van der Waals surface area contributed by atoms with Crippen molar-refractivity contribution in [2.75, 3.05) is 11.4 Å². The lowest BCUT2D eigenvalue weighted by Gasteiger charge is -2.28. The second-order valence-electron chi connectivity index (χ2n) is 9.45. The molecule has 13 heteroatoms. The van der Waals surface area contributed by atoms with Crippen LogP contribution in [0.5, 0.6) is 0 Å². The second kappa shape index (κ2) is 11.1. The van der Waals surface area contributed by atoms with Crippen LogP contribution in [0.1, 0.15) is 52.2 Å². The van der Waals surface area contributed by atoms with Gasteiger partial charge < -0.3 is 24.3 Å². The molecule has 208 valence electrons. The highest BCUT2D eigenvalue weighted by molar-refractivity contribution is 7.80. The van der Waals surface area contributed by atoms with Gasteiger partial charge >= 0.3 is 7.12 Å². The zero-order chi connectivity index (χ0) is 28.7. The van der Waals surface area contributed by atoms with Gasteiger partial charge in [0.05, 0.1) is 12.1 Å². The zero-order valence-corrected chi connectivity index (χ0v) is 21.9. The molecule has 1 saturated carbocycles. The molecular formula is C27H23BF3N2O6S-. The van der Waals surface area contributed by atoms with Crippen LogP contribution in [0.15, 0.2) is 59.0 Å². The van der Waals surface area contributed by atoms with Crippen molar-refractivity contribution in [3.05, 3.63) is 82.7 Å². The van der Waals surface area contributed by atoms with E-state index in [0.717, 1.165) is 34.8 Å². The van der Waals surface area contributed by atoms with Crippen LogP contribution in [-0.4, -0.2) is 38.9 Å². The molecule has 3 aromatic carbocycles. The molecule has 40 heavy (non-hydrogen) atoms. The Kier molecular flexibility index (Phi) is 7.73. The summed E-state index contributed by atoms with van der Waals surface area (Å²) in [5.74, 6) is -0.550. The smallest absolute Gasteiger partial charge is 0.488 e. The number of amides is 1. The predicted octanol–water partition coefficient (Wildman–Crippen LogP) is 3.89. The van der Waals surface area contributed by atoms with Gasteiger partial charge in [-0.15, -0.1) is 0 Å². The summed E-state index contributed by atoms with van der Waals surface area (Å²) < 4.78 is 72.4. The number of hydrogen-bond donors (Lipinski definition) is 3. The molecule has 0 saturated heterocycles. The zero-order valence-electron chi connectivity index (χ0n) is 21.1. The molecule has 0 radical (unpaired) electrons. The van der Waals surface area contributed by atoms with Gasteiger partial charge in [0.2, 0.25) is 0 Å². The average Bonchev–Trinajstić information content (AvgIpc) is 3.71. The molecule has 1 amide bonds. The first kappa shape index (κ1) is 27.9. The Bertz CT molecular complexity index is 1610. The third kappa shape index (κ3) is 5.37. The van der Waals surface area contributed by atoms with E-state index >= 15 is 0 Å². The third-order valence-electron chi connectivity index (χ3n) is 6.89. The van der Waals surface area contributed by atoms with Gasteiger partial charge in [-0.05, 0) is 83.9 Å². The molecule has 1 heterocycles. The Morgan fingerprint density at radius 3 is 2.45 bits per heavy atom. The number of fused-ring (bicyclic) bond motifs is 1. The normalized spacial score (nSPS) is 14.0. The Hall–Kier alpha value is -3.65. The highest BCUT2D eigenvalue weighted by Crippen LogP contribution is 2.45. The minimum atomic E-state index is -3.08. The Morgan fingerprint density at radius 1 is 1.18 bits per heavy atom. The van der Waals surface area contributed by atoms with E-state index in [2.05, 4.69) is 5.32 Å². The van der Waals surface area contributed by atoms with Crippen molar-refractivity contribution < 1.29 is 41.2 Å². The number of carbonyl (C=O) groups is 1. The third-order valence-corrected chi connectivity index (χ3v) is 7.59. The summed E-state index contributed by atoms with van der Waals surface area (Å²) in [6.45, 7) is -0.233. The van der Waals surface area contributed by atoms with Crippen LogP contribution in [0.3, 0.4) is 0 Å². The number of furan rings is 1. The Labute approximate surface area is 230 Å². The number of rotatable bonds is 9. The maximum atomic E-state index is 13.6. The first-order valence-electron chi connectivity index (χ1n) is 12.3. The standard InChI is InChI=1S/C27H24BF3N2O6S/c1-32-27(34)24-21-12-19(14-2-3-14)16(10-23(21)39-25(24)15-4-6-17(29)7-5-15)13-33(40(37)38)18-8-9-22(28(35)36)20(11-18)26(30)31/h4-12,14,26,35-36H,2-3,13H2,1H3,(H,32,34)(H,37,38)/p-1. The van der Waals surface area contributed by atoms with Crippen LogP contribution in [0, 0.1) is 5.82 Å². The first-order chi connectivity index (χ1) is 19.1. The van der Waals surface area contributed by atoms with E-state index in [1.807, 2.05) is 0 Å².